The second-order valence-electron chi connectivity index (χ2n) is 5.81. The number of nitrogens with zero attached hydrogens (tertiary/aromatic N) is 2. The molecule has 5 nitrogen and oxygen atoms in total. The summed E-state index contributed by atoms with van der Waals surface area (Å²) in [6.45, 7) is 2.54. The van der Waals surface area contributed by atoms with Crippen LogP contribution in [0.25, 0.3) is 0 Å². The molecule has 0 unspecified atom stereocenters. The van der Waals surface area contributed by atoms with Gasteiger partial charge in [0.1, 0.15) is 0 Å². The summed E-state index contributed by atoms with van der Waals surface area (Å²) >= 11 is 0. The summed E-state index contributed by atoms with van der Waals surface area (Å²) in [5.41, 5.74) is 0.699. The minimum Gasteiger partial charge on any atom is -0.288 e. The quantitative estimate of drug-likeness (QED) is 0.860. The third kappa shape index (κ3) is 2.68. The fourth-order valence-electron chi connectivity index (χ4n) is 3.01. The van der Waals surface area contributed by atoms with Gasteiger partial charge in [0.2, 0.25) is 15.9 Å². The minimum atomic E-state index is -3.45. The third-order valence-electron chi connectivity index (χ3n) is 4.28. The zero-order valence-electron chi connectivity index (χ0n) is 12.6. The Hall–Kier alpha value is -1.66. The molecule has 0 aliphatic carbocycles. The van der Waals surface area contributed by atoms with E-state index in [2.05, 4.69) is 0 Å². The standard InChI is InChI=1S/C16H20N2O3S/c1-13-5-2-3-12-18(13)22(20,21)15-9-7-14(8-10-15)17-11-4-6-16(17)19/h4,7-11,13H,2-3,5-6,12H2,1H3/t13-/m1/s1. The summed E-state index contributed by atoms with van der Waals surface area (Å²) in [6.07, 6.45) is 6.81. The van der Waals surface area contributed by atoms with Crippen molar-refractivity contribution in [2.24, 2.45) is 0 Å². The van der Waals surface area contributed by atoms with Crippen LogP contribution < -0.4 is 4.90 Å². The molecule has 0 aromatic heterocycles. The van der Waals surface area contributed by atoms with Gasteiger partial charge in [-0.25, -0.2) is 8.42 Å². The maximum atomic E-state index is 12.7. The Morgan fingerprint density at radius 3 is 2.45 bits per heavy atom. The molecule has 1 aromatic carbocycles. The van der Waals surface area contributed by atoms with E-state index >= 15 is 0 Å². The zero-order valence-corrected chi connectivity index (χ0v) is 13.4. The molecule has 118 valence electrons. The largest absolute Gasteiger partial charge is 0.288 e. The molecular formula is C16H20N2O3S. The molecule has 2 heterocycles. The Morgan fingerprint density at radius 1 is 1.14 bits per heavy atom. The third-order valence-corrected chi connectivity index (χ3v) is 6.31. The van der Waals surface area contributed by atoms with Gasteiger partial charge in [-0.2, -0.15) is 4.31 Å². The molecule has 1 aromatic rings. The van der Waals surface area contributed by atoms with Crippen molar-refractivity contribution in [3.8, 4) is 0 Å². The van der Waals surface area contributed by atoms with Gasteiger partial charge in [-0.1, -0.05) is 12.5 Å². The number of hydrogen-bond acceptors (Lipinski definition) is 3. The van der Waals surface area contributed by atoms with E-state index in [0.717, 1.165) is 19.3 Å². The van der Waals surface area contributed by atoms with E-state index in [0.29, 0.717) is 23.5 Å². The number of sulfonamides is 1. The monoisotopic (exact) mass is 320 g/mol. The van der Waals surface area contributed by atoms with Crippen LogP contribution in [0, 0.1) is 0 Å². The van der Waals surface area contributed by atoms with E-state index in [9.17, 15) is 13.2 Å². The highest BCUT2D eigenvalue weighted by Gasteiger charge is 2.31. The van der Waals surface area contributed by atoms with Crippen molar-refractivity contribution in [2.75, 3.05) is 11.4 Å². The molecule has 0 radical (unpaired) electrons. The molecule has 22 heavy (non-hydrogen) atoms. The number of carbonyl (C=O) groups excluding carboxylic acids is 1. The van der Waals surface area contributed by atoms with Crippen molar-refractivity contribution in [1.82, 2.24) is 4.31 Å². The number of piperidine rings is 1. The van der Waals surface area contributed by atoms with Crippen molar-refractivity contribution >= 4 is 21.6 Å². The summed E-state index contributed by atoms with van der Waals surface area (Å²) in [6, 6.07) is 6.60. The van der Waals surface area contributed by atoms with Crippen molar-refractivity contribution in [2.45, 2.75) is 43.5 Å². The average Bonchev–Trinajstić information content (AvgIpc) is 2.94. The van der Waals surface area contributed by atoms with Crippen LogP contribution in [-0.2, 0) is 14.8 Å². The Bertz CT molecular complexity index is 695. The fraction of sp³-hybridized carbons (Fsp3) is 0.438. The first kappa shape index (κ1) is 15.2. The zero-order chi connectivity index (χ0) is 15.7. The van der Waals surface area contributed by atoms with Gasteiger partial charge in [0.15, 0.2) is 0 Å². The lowest BCUT2D eigenvalue weighted by Gasteiger charge is -2.32. The van der Waals surface area contributed by atoms with Gasteiger partial charge in [-0.3, -0.25) is 9.69 Å². The normalized spacial score (nSPS) is 23.2. The van der Waals surface area contributed by atoms with E-state index in [1.165, 1.54) is 0 Å². The van der Waals surface area contributed by atoms with Crippen molar-refractivity contribution in [1.29, 1.82) is 0 Å². The molecule has 0 N–H and O–H groups in total. The Balaban J connectivity index is 1.85. The summed E-state index contributed by atoms with van der Waals surface area (Å²) in [4.78, 5) is 13.5. The molecule has 1 fully saturated rings. The highest BCUT2D eigenvalue weighted by molar-refractivity contribution is 7.89. The smallest absolute Gasteiger partial charge is 0.243 e. The van der Waals surface area contributed by atoms with Gasteiger partial charge >= 0.3 is 0 Å². The van der Waals surface area contributed by atoms with E-state index < -0.39 is 10.0 Å². The average molecular weight is 320 g/mol. The van der Waals surface area contributed by atoms with Crippen LogP contribution in [0.15, 0.2) is 41.4 Å². The lowest BCUT2D eigenvalue weighted by Crippen LogP contribution is -2.41. The molecule has 3 rings (SSSR count). The van der Waals surface area contributed by atoms with Gasteiger partial charge in [-0.15, -0.1) is 0 Å². The molecule has 1 saturated heterocycles. The number of amides is 1. The predicted molar refractivity (Wildman–Crippen MR) is 84.9 cm³/mol. The molecular weight excluding hydrogens is 300 g/mol. The highest BCUT2D eigenvalue weighted by atomic mass is 32.2. The molecule has 0 saturated carbocycles. The number of benzene rings is 1. The van der Waals surface area contributed by atoms with Gasteiger partial charge in [0, 0.05) is 30.9 Å². The first-order valence-corrected chi connectivity index (χ1v) is 9.05. The Kier molecular flexibility index (Phi) is 4.06. The Morgan fingerprint density at radius 2 is 1.86 bits per heavy atom. The molecule has 1 amide bonds. The number of anilines is 1. The van der Waals surface area contributed by atoms with Crippen molar-refractivity contribution < 1.29 is 13.2 Å². The van der Waals surface area contributed by atoms with E-state index in [1.54, 1.807) is 45.7 Å². The van der Waals surface area contributed by atoms with Gasteiger partial charge in [0.25, 0.3) is 0 Å². The predicted octanol–water partition coefficient (Wildman–Crippen LogP) is 2.50. The summed E-state index contributed by atoms with van der Waals surface area (Å²) < 4.78 is 27.0. The SMILES string of the molecule is C[C@@H]1CCCCN1S(=O)(=O)c1ccc(N2C=CCC2=O)cc1. The highest BCUT2D eigenvalue weighted by Crippen LogP contribution is 2.27. The lowest BCUT2D eigenvalue weighted by atomic mass is 10.1. The van der Waals surface area contributed by atoms with Crippen LogP contribution >= 0.6 is 0 Å². The topological polar surface area (TPSA) is 57.7 Å². The number of carbonyl (C=O) groups is 1. The molecule has 6 heteroatoms. The number of rotatable bonds is 3. The van der Waals surface area contributed by atoms with E-state index in [1.807, 2.05) is 6.92 Å². The van der Waals surface area contributed by atoms with Gasteiger partial charge in [0.05, 0.1) is 4.90 Å². The molecule has 1 atom stereocenters. The Labute approximate surface area is 131 Å². The molecule has 0 bridgehead atoms. The minimum absolute atomic E-state index is 0.000241. The second-order valence-corrected chi connectivity index (χ2v) is 7.70. The van der Waals surface area contributed by atoms with Crippen molar-refractivity contribution in [3.05, 3.63) is 36.5 Å². The van der Waals surface area contributed by atoms with Crippen LogP contribution in [0.5, 0.6) is 0 Å². The van der Waals surface area contributed by atoms with Gasteiger partial charge < -0.3 is 0 Å². The van der Waals surface area contributed by atoms with Crippen LogP contribution in [0.1, 0.15) is 32.6 Å². The second kappa shape index (κ2) is 5.85. The van der Waals surface area contributed by atoms with Gasteiger partial charge in [-0.05, 0) is 44.0 Å². The maximum Gasteiger partial charge on any atom is 0.243 e. The van der Waals surface area contributed by atoms with Crippen LogP contribution in [-0.4, -0.2) is 31.2 Å². The lowest BCUT2D eigenvalue weighted by molar-refractivity contribution is -0.116. The number of hydrogen-bond donors (Lipinski definition) is 0. The van der Waals surface area contributed by atoms with E-state index in [4.69, 9.17) is 0 Å². The summed E-state index contributed by atoms with van der Waals surface area (Å²) in [5.74, 6) is 0.000241. The van der Waals surface area contributed by atoms with Crippen molar-refractivity contribution in [3.63, 3.8) is 0 Å². The molecule has 2 aliphatic rings. The maximum absolute atomic E-state index is 12.7. The molecule has 0 spiro atoms. The first-order valence-electron chi connectivity index (χ1n) is 7.61. The van der Waals surface area contributed by atoms with Crippen LogP contribution in [0.3, 0.4) is 0 Å². The summed E-state index contributed by atoms with van der Waals surface area (Å²) in [5, 5.41) is 0. The fourth-order valence-corrected chi connectivity index (χ4v) is 4.71. The summed E-state index contributed by atoms with van der Waals surface area (Å²) in [7, 11) is -3.45. The molecule has 2 aliphatic heterocycles. The van der Waals surface area contributed by atoms with E-state index in [-0.39, 0.29) is 11.9 Å². The first-order chi connectivity index (χ1) is 10.5. The van der Waals surface area contributed by atoms with Crippen LogP contribution in [0.4, 0.5) is 5.69 Å². The van der Waals surface area contributed by atoms with Crippen LogP contribution in [0.2, 0.25) is 0 Å².